The monoisotopic (exact) mass is 264 g/mol. The topological polar surface area (TPSA) is 32.8 Å². The van der Waals surface area contributed by atoms with Crippen LogP contribution in [-0.2, 0) is 4.74 Å². The highest BCUT2D eigenvalue weighted by Gasteiger charge is 2.42. The molecular weight excluding hydrogens is 242 g/mol. The molecule has 0 saturated carbocycles. The first-order valence-corrected chi connectivity index (χ1v) is 6.04. The van der Waals surface area contributed by atoms with E-state index in [9.17, 15) is 13.6 Å². The van der Waals surface area contributed by atoms with Crippen molar-refractivity contribution in [2.24, 2.45) is 5.92 Å². The SMILES string of the molecule is CN(C)C1CN(C(=O)OC(C)(C)C)CC1C(F)F. The molecule has 0 radical (unpaired) electrons. The fourth-order valence-electron chi connectivity index (χ4n) is 2.08. The number of carbonyl (C=O) groups is 1. The molecule has 1 saturated heterocycles. The molecule has 2 atom stereocenters. The highest BCUT2D eigenvalue weighted by molar-refractivity contribution is 5.68. The van der Waals surface area contributed by atoms with Crippen molar-refractivity contribution in [2.75, 3.05) is 27.2 Å². The van der Waals surface area contributed by atoms with Crippen LogP contribution in [0.5, 0.6) is 0 Å². The molecular formula is C12H22F2N2O2. The number of ether oxygens (including phenoxy) is 1. The maximum atomic E-state index is 12.9. The molecule has 1 amide bonds. The van der Waals surface area contributed by atoms with E-state index in [2.05, 4.69) is 0 Å². The zero-order valence-electron chi connectivity index (χ0n) is 11.6. The van der Waals surface area contributed by atoms with Crippen LogP contribution in [0.25, 0.3) is 0 Å². The van der Waals surface area contributed by atoms with E-state index in [0.717, 1.165) is 0 Å². The van der Waals surface area contributed by atoms with Crippen LogP contribution >= 0.6 is 0 Å². The maximum absolute atomic E-state index is 12.9. The number of alkyl halides is 2. The second kappa shape index (κ2) is 5.38. The lowest BCUT2D eigenvalue weighted by atomic mass is 10.0. The van der Waals surface area contributed by atoms with Gasteiger partial charge in [-0.25, -0.2) is 13.6 Å². The summed E-state index contributed by atoms with van der Waals surface area (Å²) >= 11 is 0. The summed E-state index contributed by atoms with van der Waals surface area (Å²) in [5.74, 6) is -0.812. The first-order chi connectivity index (χ1) is 8.11. The number of carbonyl (C=O) groups excluding carboxylic acids is 1. The van der Waals surface area contributed by atoms with Crippen molar-refractivity contribution in [1.29, 1.82) is 0 Å². The first kappa shape index (κ1) is 15.1. The summed E-state index contributed by atoms with van der Waals surface area (Å²) in [7, 11) is 3.50. The molecule has 1 aliphatic heterocycles. The quantitative estimate of drug-likeness (QED) is 0.765. The lowest BCUT2D eigenvalue weighted by Gasteiger charge is -2.25. The first-order valence-electron chi connectivity index (χ1n) is 6.04. The van der Waals surface area contributed by atoms with Crippen LogP contribution in [-0.4, -0.2) is 61.1 Å². The van der Waals surface area contributed by atoms with Crippen molar-refractivity contribution in [3.05, 3.63) is 0 Å². The van der Waals surface area contributed by atoms with Crippen molar-refractivity contribution in [3.63, 3.8) is 0 Å². The number of likely N-dealkylation sites (N-methyl/N-ethyl adjacent to an activating group) is 1. The second-order valence-electron chi connectivity index (χ2n) is 5.91. The van der Waals surface area contributed by atoms with Gasteiger partial charge in [0.15, 0.2) is 0 Å². The van der Waals surface area contributed by atoms with E-state index in [1.807, 2.05) is 0 Å². The van der Waals surface area contributed by atoms with Crippen LogP contribution in [0, 0.1) is 5.92 Å². The summed E-state index contributed by atoms with van der Waals surface area (Å²) in [5.41, 5.74) is -0.604. The average Bonchev–Trinajstić information content (AvgIpc) is 2.58. The number of nitrogens with zero attached hydrogens (tertiary/aromatic N) is 2. The third-order valence-electron chi connectivity index (χ3n) is 2.97. The van der Waals surface area contributed by atoms with Crippen molar-refractivity contribution >= 4 is 6.09 Å². The van der Waals surface area contributed by atoms with E-state index in [0.29, 0.717) is 0 Å². The minimum absolute atomic E-state index is 0.0510. The Balaban J connectivity index is 2.69. The van der Waals surface area contributed by atoms with Gasteiger partial charge in [0.2, 0.25) is 6.43 Å². The van der Waals surface area contributed by atoms with E-state index < -0.39 is 24.0 Å². The van der Waals surface area contributed by atoms with E-state index in [-0.39, 0.29) is 19.1 Å². The third kappa shape index (κ3) is 3.80. The molecule has 1 aliphatic rings. The lowest BCUT2D eigenvalue weighted by molar-refractivity contribution is 0.0252. The van der Waals surface area contributed by atoms with Crippen molar-refractivity contribution in [3.8, 4) is 0 Å². The fraction of sp³-hybridized carbons (Fsp3) is 0.917. The number of hydrogen-bond acceptors (Lipinski definition) is 3. The number of halogens is 2. The van der Waals surface area contributed by atoms with E-state index in [1.165, 1.54) is 4.90 Å². The van der Waals surface area contributed by atoms with Crippen molar-refractivity contribution in [1.82, 2.24) is 9.80 Å². The van der Waals surface area contributed by atoms with Crippen molar-refractivity contribution in [2.45, 2.75) is 38.8 Å². The van der Waals surface area contributed by atoms with Crippen LogP contribution < -0.4 is 0 Å². The largest absolute Gasteiger partial charge is 0.444 e. The predicted molar refractivity (Wildman–Crippen MR) is 64.8 cm³/mol. The highest BCUT2D eigenvalue weighted by atomic mass is 19.3. The maximum Gasteiger partial charge on any atom is 0.410 e. The molecule has 0 aromatic carbocycles. The van der Waals surface area contributed by atoms with Crippen molar-refractivity contribution < 1.29 is 18.3 Å². The molecule has 0 bridgehead atoms. The number of likely N-dealkylation sites (tertiary alicyclic amines) is 1. The summed E-state index contributed by atoms with van der Waals surface area (Å²) in [6.45, 7) is 5.62. The summed E-state index contributed by atoms with van der Waals surface area (Å²) < 4.78 is 31.0. The molecule has 18 heavy (non-hydrogen) atoms. The van der Waals surface area contributed by atoms with Gasteiger partial charge in [0.25, 0.3) is 0 Å². The molecule has 0 aromatic heterocycles. The van der Waals surface area contributed by atoms with Crippen LogP contribution in [0.4, 0.5) is 13.6 Å². The summed E-state index contributed by atoms with van der Waals surface area (Å²) in [6.07, 6.45) is -2.94. The lowest BCUT2D eigenvalue weighted by Crippen LogP contribution is -2.39. The van der Waals surface area contributed by atoms with Crippen LogP contribution in [0.3, 0.4) is 0 Å². The zero-order valence-corrected chi connectivity index (χ0v) is 11.6. The van der Waals surface area contributed by atoms with Gasteiger partial charge in [0.1, 0.15) is 5.60 Å². The van der Waals surface area contributed by atoms with Crippen LogP contribution in [0.2, 0.25) is 0 Å². The zero-order chi connectivity index (χ0) is 14.1. The summed E-state index contributed by atoms with van der Waals surface area (Å²) in [6, 6.07) is -0.322. The van der Waals surface area contributed by atoms with E-state index in [1.54, 1.807) is 39.8 Å². The Bertz CT molecular complexity index is 287. The smallest absolute Gasteiger partial charge is 0.410 e. The molecule has 1 fully saturated rings. The van der Waals surface area contributed by atoms with Crippen LogP contribution in [0.15, 0.2) is 0 Å². The van der Waals surface area contributed by atoms with Gasteiger partial charge < -0.3 is 14.5 Å². The third-order valence-corrected chi connectivity index (χ3v) is 2.97. The van der Waals surface area contributed by atoms with Gasteiger partial charge in [-0.15, -0.1) is 0 Å². The number of hydrogen-bond donors (Lipinski definition) is 0. The molecule has 0 N–H and O–H groups in total. The summed E-state index contributed by atoms with van der Waals surface area (Å²) in [4.78, 5) is 14.9. The molecule has 0 aromatic rings. The second-order valence-corrected chi connectivity index (χ2v) is 5.91. The molecule has 106 valence electrons. The van der Waals surface area contributed by atoms with Gasteiger partial charge in [-0.05, 0) is 34.9 Å². The minimum Gasteiger partial charge on any atom is -0.444 e. The van der Waals surface area contributed by atoms with Gasteiger partial charge >= 0.3 is 6.09 Å². The molecule has 2 unspecified atom stereocenters. The molecule has 0 spiro atoms. The standard InChI is InChI=1S/C12H22F2N2O2/c1-12(2,3)18-11(17)16-6-8(10(13)14)9(7-16)15(4)5/h8-10H,6-7H2,1-5H3. The average molecular weight is 264 g/mol. The Morgan fingerprint density at radius 2 is 1.89 bits per heavy atom. The van der Waals surface area contributed by atoms with Gasteiger partial charge in [0, 0.05) is 19.1 Å². The predicted octanol–water partition coefficient (Wildman–Crippen LogP) is 2.05. The Morgan fingerprint density at radius 3 is 2.22 bits per heavy atom. The molecule has 1 rings (SSSR count). The number of rotatable bonds is 2. The highest BCUT2D eigenvalue weighted by Crippen LogP contribution is 2.27. The number of amides is 1. The van der Waals surface area contributed by atoms with E-state index in [4.69, 9.17) is 4.74 Å². The van der Waals surface area contributed by atoms with Crippen LogP contribution in [0.1, 0.15) is 20.8 Å². The van der Waals surface area contributed by atoms with E-state index >= 15 is 0 Å². The Labute approximate surface area is 107 Å². The summed E-state index contributed by atoms with van der Waals surface area (Å²) in [5, 5.41) is 0. The van der Waals surface area contributed by atoms with Gasteiger partial charge in [-0.3, -0.25) is 0 Å². The Kier molecular flexibility index (Phi) is 4.53. The molecule has 6 heteroatoms. The Hall–Kier alpha value is -0.910. The van der Waals surface area contributed by atoms with Gasteiger partial charge in [-0.1, -0.05) is 0 Å². The molecule has 0 aliphatic carbocycles. The van der Waals surface area contributed by atoms with Gasteiger partial charge in [0.05, 0.1) is 5.92 Å². The molecule has 1 heterocycles. The minimum atomic E-state index is -2.43. The fourth-order valence-corrected chi connectivity index (χ4v) is 2.08. The van der Waals surface area contributed by atoms with Gasteiger partial charge in [-0.2, -0.15) is 0 Å². The Morgan fingerprint density at radius 1 is 1.33 bits per heavy atom. The molecule has 4 nitrogen and oxygen atoms in total. The normalized spacial score (nSPS) is 25.1.